The molecule has 1 rings (SSSR count). The van der Waals surface area contributed by atoms with Crippen molar-refractivity contribution < 1.29 is 12.6 Å². The van der Waals surface area contributed by atoms with Gasteiger partial charge in [-0.2, -0.15) is 18.7 Å². The van der Waals surface area contributed by atoms with Crippen LogP contribution in [-0.2, 0) is 16.8 Å². The molecule has 0 atom stereocenters. The Morgan fingerprint density at radius 3 is 2.92 bits per heavy atom. The van der Waals surface area contributed by atoms with E-state index in [-0.39, 0.29) is 5.88 Å². The van der Waals surface area contributed by atoms with Crippen molar-refractivity contribution in [2.24, 2.45) is 5.14 Å². The molecule has 0 aliphatic carbocycles. The van der Waals surface area contributed by atoms with Crippen LogP contribution >= 0.6 is 0 Å². The summed E-state index contributed by atoms with van der Waals surface area (Å²) in [4.78, 5) is 0. The number of hydrogen-bond donors (Lipinski definition) is 1. The summed E-state index contributed by atoms with van der Waals surface area (Å²) >= 11 is 0. The molecular weight excluding hydrogens is 182 g/mol. The maximum absolute atomic E-state index is 10.5. The molecular formula is C5H9N3O3S. The fourth-order valence-electron chi connectivity index (χ4n) is 0.748. The van der Waals surface area contributed by atoms with Gasteiger partial charge in [0, 0.05) is 12.6 Å². The van der Waals surface area contributed by atoms with E-state index in [1.54, 1.807) is 0 Å². The van der Waals surface area contributed by atoms with Crippen LogP contribution in [0.3, 0.4) is 0 Å². The Bertz CT molecular complexity index is 356. The Morgan fingerprint density at radius 1 is 1.75 bits per heavy atom. The SMILES string of the molecule is CCn1nccc1OS(N)(=O)=O. The number of aromatic nitrogens is 2. The maximum atomic E-state index is 10.5. The van der Waals surface area contributed by atoms with Gasteiger partial charge >= 0.3 is 10.3 Å². The number of nitrogens with two attached hydrogens (primary N) is 1. The largest absolute Gasteiger partial charge is 0.381 e. The highest BCUT2D eigenvalue weighted by Gasteiger charge is 2.08. The van der Waals surface area contributed by atoms with E-state index in [0.29, 0.717) is 6.54 Å². The number of nitrogens with zero attached hydrogens (tertiary/aromatic N) is 2. The molecule has 0 spiro atoms. The van der Waals surface area contributed by atoms with Crippen LogP contribution in [0.5, 0.6) is 5.88 Å². The van der Waals surface area contributed by atoms with Crippen LogP contribution in [0.2, 0.25) is 0 Å². The quantitative estimate of drug-likeness (QED) is 0.696. The molecule has 0 bridgehead atoms. The van der Waals surface area contributed by atoms with E-state index in [0.717, 1.165) is 0 Å². The van der Waals surface area contributed by atoms with E-state index >= 15 is 0 Å². The first kappa shape index (κ1) is 9.01. The van der Waals surface area contributed by atoms with Crippen molar-refractivity contribution in [3.63, 3.8) is 0 Å². The zero-order valence-corrected chi connectivity index (χ0v) is 7.28. The fraction of sp³-hybridized carbons (Fsp3) is 0.400. The van der Waals surface area contributed by atoms with Gasteiger partial charge in [0.2, 0.25) is 5.88 Å². The summed E-state index contributed by atoms with van der Waals surface area (Å²) in [5.74, 6) is 0.125. The van der Waals surface area contributed by atoms with Gasteiger partial charge in [0.05, 0.1) is 6.20 Å². The molecule has 0 saturated carbocycles. The first-order valence-electron chi connectivity index (χ1n) is 3.27. The monoisotopic (exact) mass is 191 g/mol. The molecule has 12 heavy (non-hydrogen) atoms. The van der Waals surface area contributed by atoms with Crippen LogP contribution in [0.25, 0.3) is 0 Å². The molecule has 0 fully saturated rings. The fourth-order valence-corrected chi connectivity index (χ4v) is 1.13. The van der Waals surface area contributed by atoms with Gasteiger partial charge in [0.25, 0.3) is 0 Å². The molecule has 68 valence electrons. The minimum Gasteiger partial charge on any atom is -0.351 e. The van der Waals surface area contributed by atoms with Crippen molar-refractivity contribution >= 4 is 10.3 Å². The first-order chi connectivity index (χ1) is 5.53. The summed E-state index contributed by atoms with van der Waals surface area (Å²) in [6.07, 6.45) is 1.43. The van der Waals surface area contributed by atoms with Crippen molar-refractivity contribution in [1.29, 1.82) is 0 Å². The molecule has 0 saturated heterocycles. The van der Waals surface area contributed by atoms with E-state index in [4.69, 9.17) is 0 Å². The molecule has 7 heteroatoms. The summed E-state index contributed by atoms with van der Waals surface area (Å²) < 4.78 is 26.8. The molecule has 1 heterocycles. The number of aryl methyl sites for hydroxylation is 1. The number of hydrogen-bond acceptors (Lipinski definition) is 4. The Labute approximate surface area is 70.2 Å². The van der Waals surface area contributed by atoms with E-state index in [2.05, 4.69) is 14.4 Å². The Morgan fingerprint density at radius 2 is 2.42 bits per heavy atom. The van der Waals surface area contributed by atoms with Crippen LogP contribution in [-0.4, -0.2) is 18.2 Å². The van der Waals surface area contributed by atoms with Crippen molar-refractivity contribution in [2.45, 2.75) is 13.5 Å². The van der Waals surface area contributed by atoms with Crippen molar-refractivity contribution in [1.82, 2.24) is 9.78 Å². The van der Waals surface area contributed by atoms with Crippen LogP contribution in [0.15, 0.2) is 12.3 Å². The number of rotatable bonds is 3. The standard InChI is InChI=1S/C5H9N3O3S/c1-2-8-5(3-4-7-8)11-12(6,9)10/h3-4H,2H2,1H3,(H2,6,9,10). The highest BCUT2D eigenvalue weighted by molar-refractivity contribution is 7.84. The third-order valence-corrected chi connectivity index (χ3v) is 1.58. The highest BCUT2D eigenvalue weighted by atomic mass is 32.2. The van der Waals surface area contributed by atoms with Gasteiger partial charge in [0.1, 0.15) is 0 Å². The molecule has 0 aliphatic rings. The van der Waals surface area contributed by atoms with Crippen LogP contribution in [0.1, 0.15) is 6.92 Å². The molecule has 0 unspecified atom stereocenters. The molecule has 0 amide bonds. The summed E-state index contributed by atoms with van der Waals surface area (Å²) in [6.45, 7) is 2.33. The second-order valence-electron chi connectivity index (χ2n) is 2.06. The average molecular weight is 191 g/mol. The van der Waals surface area contributed by atoms with Crippen molar-refractivity contribution in [3.8, 4) is 5.88 Å². The lowest BCUT2D eigenvalue weighted by atomic mass is 10.7. The van der Waals surface area contributed by atoms with Gasteiger partial charge in [0.15, 0.2) is 0 Å². The van der Waals surface area contributed by atoms with Gasteiger partial charge in [-0.1, -0.05) is 0 Å². The lowest BCUT2D eigenvalue weighted by Crippen LogP contribution is -2.20. The minimum absolute atomic E-state index is 0.125. The summed E-state index contributed by atoms with van der Waals surface area (Å²) in [7, 11) is -3.94. The molecule has 0 aromatic carbocycles. The lowest BCUT2D eigenvalue weighted by molar-refractivity contribution is 0.445. The smallest absolute Gasteiger partial charge is 0.351 e. The Hall–Kier alpha value is -1.08. The Balaban J connectivity index is 2.89. The summed E-state index contributed by atoms with van der Waals surface area (Å²) in [5.41, 5.74) is 0. The van der Waals surface area contributed by atoms with E-state index in [9.17, 15) is 8.42 Å². The van der Waals surface area contributed by atoms with Crippen LogP contribution in [0, 0.1) is 0 Å². The zero-order chi connectivity index (χ0) is 9.19. The predicted octanol–water partition coefficient (Wildman–Crippen LogP) is -0.515. The van der Waals surface area contributed by atoms with Gasteiger partial charge in [-0.05, 0) is 6.92 Å². The second kappa shape index (κ2) is 3.11. The van der Waals surface area contributed by atoms with Gasteiger partial charge < -0.3 is 4.18 Å². The van der Waals surface area contributed by atoms with E-state index < -0.39 is 10.3 Å². The highest BCUT2D eigenvalue weighted by Crippen LogP contribution is 2.09. The predicted molar refractivity (Wildman–Crippen MR) is 41.6 cm³/mol. The summed E-state index contributed by atoms with van der Waals surface area (Å²) in [6, 6.07) is 1.42. The Kier molecular flexibility index (Phi) is 2.34. The van der Waals surface area contributed by atoms with E-state index in [1.165, 1.54) is 16.9 Å². The molecule has 1 aromatic heterocycles. The minimum atomic E-state index is -3.94. The van der Waals surface area contributed by atoms with Gasteiger partial charge in [-0.15, -0.1) is 0 Å². The third-order valence-electron chi connectivity index (χ3n) is 1.18. The van der Waals surface area contributed by atoms with Gasteiger partial charge in [-0.25, -0.2) is 4.68 Å². The lowest BCUT2D eigenvalue weighted by Gasteiger charge is -2.02. The average Bonchev–Trinajstić information content (AvgIpc) is 2.31. The molecule has 6 nitrogen and oxygen atoms in total. The summed E-state index contributed by atoms with van der Waals surface area (Å²) in [5, 5.41) is 8.45. The normalized spacial score (nSPS) is 11.5. The second-order valence-corrected chi connectivity index (χ2v) is 3.21. The maximum Gasteiger partial charge on any atom is 0.381 e. The van der Waals surface area contributed by atoms with Gasteiger partial charge in [-0.3, -0.25) is 0 Å². The van der Waals surface area contributed by atoms with Crippen LogP contribution in [0.4, 0.5) is 0 Å². The topological polar surface area (TPSA) is 87.2 Å². The molecule has 1 aromatic rings. The molecule has 0 aliphatic heterocycles. The van der Waals surface area contributed by atoms with Crippen molar-refractivity contribution in [3.05, 3.63) is 12.3 Å². The first-order valence-corrected chi connectivity index (χ1v) is 4.74. The molecule has 2 N–H and O–H groups in total. The van der Waals surface area contributed by atoms with E-state index in [1.807, 2.05) is 6.92 Å². The zero-order valence-electron chi connectivity index (χ0n) is 6.47. The third kappa shape index (κ3) is 2.21. The van der Waals surface area contributed by atoms with Crippen molar-refractivity contribution in [2.75, 3.05) is 0 Å². The molecule has 0 radical (unpaired) electrons. The van der Waals surface area contributed by atoms with Crippen LogP contribution < -0.4 is 9.32 Å².